The maximum absolute atomic E-state index is 12.0. The Morgan fingerprint density at radius 3 is 2.72 bits per heavy atom. The van der Waals surface area contributed by atoms with E-state index in [2.05, 4.69) is 34.2 Å². The number of thiophene rings is 1. The summed E-state index contributed by atoms with van der Waals surface area (Å²) in [6.07, 6.45) is 0. The van der Waals surface area contributed by atoms with Crippen LogP contribution >= 0.6 is 27.3 Å². The summed E-state index contributed by atoms with van der Waals surface area (Å²) in [5, 5.41) is 4.98. The molecule has 0 atom stereocenters. The summed E-state index contributed by atoms with van der Waals surface area (Å²) in [4.78, 5) is 13.2. The van der Waals surface area contributed by atoms with Crippen LogP contribution in [0.25, 0.3) is 0 Å². The van der Waals surface area contributed by atoms with Gasteiger partial charge in [-0.1, -0.05) is 6.07 Å². The first kappa shape index (κ1) is 13.3. The van der Waals surface area contributed by atoms with Gasteiger partial charge in [0.1, 0.15) is 0 Å². The number of hydrogen-bond acceptors (Lipinski definition) is 2. The summed E-state index contributed by atoms with van der Waals surface area (Å²) >= 11 is 5.09. The van der Waals surface area contributed by atoms with Crippen molar-refractivity contribution in [2.75, 3.05) is 0 Å². The van der Waals surface area contributed by atoms with E-state index < -0.39 is 0 Å². The molecular formula is C14H14BrNOS. The minimum absolute atomic E-state index is 0.0466. The van der Waals surface area contributed by atoms with Gasteiger partial charge in [-0.3, -0.25) is 4.79 Å². The molecule has 0 unspecified atom stereocenters. The Morgan fingerprint density at radius 2 is 2.11 bits per heavy atom. The summed E-state index contributed by atoms with van der Waals surface area (Å²) in [7, 11) is 0. The van der Waals surface area contributed by atoms with E-state index in [1.165, 1.54) is 10.4 Å². The van der Waals surface area contributed by atoms with E-state index in [4.69, 9.17) is 0 Å². The number of aryl methyl sites for hydroxylation is 2. The molecule has 4 heteroatoms. The van der Waals surface area contributed by atoms with Gasteiger partial charge in [0.25, 0.3) is 5.91 Å². The summed E-state index contributed by atoms with van der Waals surface area (Å²) in [6, 6.07) is 7.80. The third-order valence-corrected chi connectivity index (χ3v) is 4.43. The van der Waals surface area contributed by atoms with Crippen molar-refractivity contribution in [1.82, 2.24) is 5.32 Å². The lowest BCUT2D eigenvalue weighted by Gasteiger charge is -2.07. The molecule has 1 aromatic heterocycles. The highest BCUT2D eigenvalue weighted by Gasteiger charge is 2.10. The van der Waals surface area contributed by atoms with Crippen LogP contribution in [-0.4, -0.2) is 5.91 Å². The summed E-state index contributed by atoms with van der Waals surface area (Å²) < 4.78 is 0.836. The highest BCUT2D eigenvalue weighted by molar-refractivity contribution is 9.10. The van der Waals surface area contributed by atoms with Crippen LogP contribution in [-0.2, 0) is 6.54 Å². The lowest BCUT2D eigenvalue weighted by atomic mass is 10.1. The second-order valence-electron chi connectivity index (χ2n) is 4.19. The van der Waals surface area contributed by atoms with E-state index in [1.807, 2.05) is 30.5 Å². The Kier molecular flexibility index (Phi) is 4.19. The summed E-state index contributed by atoms with van der Waals surface area (Å²) in [5.74, 6) is -0.0466. The second-order valence-corrected chi connectivity index (χ2v) is 6.05. The van der Waals surface area contributed by atoms with Crippen molar-refractivity contribution >= 4 is 33.2 Å². The maximum atomic E-state index is 12.0. The molecule has 0 radical (unpaired) electrons. The van der Waals surface area contributed by atoms with Crippen LogP contribution < -0.4 is 5.32 Å². The van der Waals surface area contributed by atoms with Crippen LogP contribution in [0.15, 0.2) is 34.1 Å². The molecule has 2 aromatic rings. The lowest BCUT2D eigenvalue weighted by Crippen LogP contribution is -2.23. The van der Waals surface area contributed by atoms with Gasteiger partial charge in [0, 0.05) is 9.35 Å². The molecule has 18 heavy (non-hydrogen) atoms. The minimum atomic E-state index is -0.0466. The molecule has 0 aliphatic heterocycles. The van der Waals surface area contributed by atoms with E-state index in [-0.39, 0.29) is 5.91 Å². The molecule has 0 fully saturated rings. The SMILES string of the molecule is Cc1ccc(C(=O)NCc2sccc2C)c(Br)c1. The van der Waals surface area contributed by atoms with E-state index in [9.17, 15) is 4.79 Å². The smallest absolute Gasteiger partial charge is 0.252 e. The van der Waals surface area contributed by atoms with Gasteiger partial charge in [-0.2, -0.15) is 0 Å². The van der Waals surface area contributed by atoms with Crippen LogP contribution in [0.5, 0.6) is 0 Å². The number of carbonyl (C=O) groups is 1. The fourth-order valence-electron chi connectivity index (χ4n) is 1.65. The van der Waals surface area contributed by atoms with Crippen LogP contribution in [0.3, 0.4) is 0 Å². The average molecular weight is 324 g/mol. The van der Waals surface area contributed by atoms with Gasteiger partial charge in [-0.05, 0) is 64.5 Å². The maximum Gasteiger partial charge on any atom is 0.252 e. The van der Waals surface area contributed by atoms with Crippen LogP contribution in [0.1, 0.15) is 26.4 Å². The highest BCUT2D eigenvalue weighted by atomic mass is 79.9. The molecule has 94 valence electrons. The summed E-state index contributed by atoms with van der Waals surface area (Å²) in [5.41, 5.74) is 3.03. The van der Waals surface area contributed by atoms with Gasteiger partial charge in [-0.25, -0.2) is 0 Å². The second kappa shape index (κ2) is 5.67. The first-order valence-electron chi connectivity index (χ1n) is 5.65. The zero-order chi connectivity index (χ0) is 13.1. The van der Waals surface area contributed by atoms with E-state index >= 15 is 0 Å². The molecule has 2 nitrogen and oxygen atoms in total. The number of halogens is 1. The molecule has 1 heterocycles. The molecule has 0 spiro atoms. The molecule has 1 amide bonds. The van der Waals surface area contributed by atoms with Gasteiger partial charge in [0.05, 0.1) is 12.1 Å². The van der Waals surface area contributed by atoms with Gasteiger partial charge < -0.3 is 5.32 Å². The van der Waals surface area contributed by atoms with Gasteiger partial charge in [-0.15, -0.1) is 11.3 Å². The zero-order valence-electron chi connectivity index (χ0n) is 10.3. The normalized spacial score (nSPS) is 10.4. The van der Waals surface area contributed by atoms with Crippen LogP contribution in [0.4, 0.5) is 0 Å². The highest BCUT2D eigenvalue weighted by Crippen LogP contribution is 2.19. The standard InChI is InChI=1S/C14H14BrNOS/c1-9-3-4-11(12(15)7-9)14(17)16-8-13-10(2)5-6-18-13/h3-7H,8H2,1-2H3,(H,16,17). The van der Waals surface area contributed by atoms with Gasteiger partial charge in [0.2, 0.25) is 0 Å². The predicted molar refractivity (Wildman–Crippen MR) is 79.1 cm³/mol. The van der Waals surface area contributed by atoms with Crippen molar-refractivity contribution in [2.24, 2.45) is 0 Å². The Hall–Kier alpha value is -1.13. The van der Waals surface area contributed by atoms with Crippen molar-refractivity contribution in [1.29, 1.82) is 0 Å². The third kappa shape index (κ3) is 3.00. The van der Waals surface area contributed by atoms with Crippen molar-refractivity contribution in [3.63, 3.8) is 0 Å². The predicted octanol–water partition coefficient (Wildman–Crippen LogP) is 4.06. The Morgan fingerprint density at radius 1 is 1.33 bits per heavy atom. The first-order valence-corrected chi connectivity index (χ1v) is 7.32. The van der Waals surface area contributed by atoms with Gasteiger partial charge >= 0.3 is 0 Å². The zero-order valence-corrected chi connectivity index (χ0v) is 12.7. The number of benzene rings is 1. The monoisotopic (exact) mass is 323 g/mol. The quantitative estimate of drug-likeness (QED) is 0.906. The topological polar surface area (TPSA) is 29.1 Å². The molecule has 0 aliphatic rings. The molecular weight excluding hydrogens is 310 g/mol. The van der Waals surface area contributed by atoms with Crippen LogP contribution in [0.2, 0.25) is 0 Å². The third-order valence-electron chi connectivity index (χ3n) is 2.75. The molecule has 0 saturated heterocycles. The van der Waals surface area contributed by atoms with Crippen LogP contribution in [0, 0.1) is 13.8 Å². The van der Waals surface area contributed by atoms with Gasteiger partial charge in [0.15, 0.2) is 0 Å². The van der Waals surface area contributed by atoms with Crippen molar-refractivity contribution in [2.45, 2.75) is 20.4 Å². The average Bonchev–Trinajstić information content (AvgIpc) is 2.72. The summed E-state index contributed by atoms with van der Waals surface area (Å²) in [6.45, 7) is 4.64. The lowest BCUT2D eigenvalue weighted by molar-refractivity contribution is 0.0950. The first-order chi connectivity index (χ1) is 8.58. The number of nitrogens with one attached hydrogen (secondary N) is 1. The van der Waals surface area contributed by atoms with E-state index in [1.54, 1.807) is 11.3 Å². The largest absolute Gasteiger partial charge is 0.347 e. The minimum Gasteiger partial charge on any atom is -0.347 e. The number of rotatable bonds is 3. The molecule has 1 aromatic carbocycles. The number of carbonyl (C=O) groups excluding carboxylic acids is 1. The molecule has 0 saturated carbocycles. The number of hydrogen-bond donors (Lipinski definition) is 1. The Balaban J connectivity index is 2.06. The van der Waals surface area contributed by atoms with E-state index in [0.717, 1.165) is 10.0 Å². The molecule has 2 rings (SSSR count). The number of amides is 1. The van der Waals surface area contributed by atoms with Crippen molar-refractivity contribution < 1.29 is 4.79 Å². The Labute approximate surface area is 119 Å². The Bertz CT molecular complexity index is 577. The van der Waals surface area contributed by atoms with Crippen molar-refractivity contribution in [3.8, 4) is 0 Å². The fourth-order valence-corrected chi connectivity index (χ4v) is 3.16. The molecule has 1 N–H and O–H groups in total. The van der Waals surface area contributed by atoms with E-state index in [0.29, 0.717) is 12.1 Å². The molecule has 0 aliphatic carbocycles. The van der Waals surface area contributed by atoms with Crippen molar-refractivity contribution in [3.05, 3.63) is 55.7 Å². The fraction of sp³-hybridized carbons (Fsp3) is 0.214. The molecule has 0 bridgehead atoms.